The van der Waals surface area contributed by atoms with Gasteiger partial charge in [-0.2, -0.15) is 0 Å². The SMILES string of the molecule is CC(ONC(=O)CCCNC(=O)OCC1c2ccccc2-c2ccccc21)C(=O)O. The Hall–Kier alpha value is -3.39. The number of benzene rings is 2. The first-order valence-corrected chi connectivity index (χ1v) is 9.73. The predicted molar refractivity (Wildman–Crippen MR) is 109 cm³/mol. The molecule has 0 radical (unpaired) electrons. The van der Waals surface area contributed by atoms with Gasteiger partial charge in [-0.1, -0.05) is 48.5 Å². The molecule has 30 heavy (non-hydrogen) atoms. The minimum Gasteiger partial charge on any atom is -0.479 e. The smallest absolute Gasteiger partial charge is 0.407 e. The predicted octanol–water partition coefficient (Wildman–Crippen LogP) is 2.83. The lowest BCUT2D eigenvalue weighted by Gasteiger charge is -2.14. The van der Waals surface area contributed by atoms with Gasteiger partial charge in [0.05, 0.1) is 0 Å². The van der Waals surface area contributed by atoms with Crippen molar-refractivity contribution < 1.29 is 29.1 Å². The van der Waals surface area contributed by atoms with Crippen LogP contribution in [0.5, 0.6) is 0 Å². The molecule has 1 aliphatic carbocycles. The Morgan fingerprint density at radius 3 is 2.23 bits per heavy atom. The second kappa shape index (κ2) is 9.89. The molecule has 0 saturated heterocycles. The lowest BCUT2D eigenvalue weighted by atomic mass is 9.98. The summed E-state index contributed by atoms with van der Waals surface area (Å²) in [5.74, 6) is -1.65. The number of carboxylic acids is 1. The molecule has 3 rings (SSSR count). The second-order valence-corrected chi connectivity index (χ2v) is 6.98. The molecule has 158 valence electrons. The molecule has 8 nitrogen and oxygen atoms in total. The molecule has 2 amide bonds. The van der Waals surface area contributed by atoms with E-state index in [0.717, 1.165) is 22.3 Å². The summed E-state index contributed by atoms with van der Waals surface area (Å²) in [5.41, 5.74) is 6.66. The molecule has 1 unspecified atom stereocenters. The number of aliphatic carboxylic acids is 1. The molecular formula is C22H24N2O6. The molecule has 2 aromatic rings. The summed E-state index contributed by atoms with van der Waals surface area (Å²) in [6.07, 6.45) is -1.24. The molecule has 0 aliphatic heterocycles. The number of carbonyl (C=O) groups excluding carboxylic acids is 2. The van der Waals surface area contributed by atoms with Crippen LogP contribution in [-0.2, 0) is 19.2 Å². The van der Waals surface area contributed by atoms with Gasteiger partial charge in [0.15, 0.2) is 6.10 Å². The average molecular weight is 412 g/mol. The number of alkyl carbamates (subject to hydrolysis) is 1. The molecule has 8 heteroatoms. The lowest BCUT2D eigenvalue weighted by molar-refractivity contribution is -0.158. The number of carbonyl (C=O) groups is 3. The van der Waals surface area contributed by atoms with Crippen LogP contribution in [0.2, 0.25) is 0 Å². The molecule has 0 bridgehead atoms. The number of rotatable bonds is 9. The van der Waals surface area contributed by atoms with Crippen LogP contribution in [0, 0.1) is 0 Å². The number of amides is 2. The minimum absolute atomic E-state index is 0.0118. The number of ether oxygens (including phenoxy) is 1. The van der Waals surface area contributed by atoms with E-state index in [1.807, 2.05) is 36.4 Å². The Balaban J connectivity index is 1.40. The maximum absolute atomic E-state index is 12.0. The highest BCUT2D eigenvalue weighted by Crippen LogP contribution is 2.44. The summed E-state index contributed by atoms with van der Waals surface area (Å²) in [5, 5.41) is 11.3. The van der Waals surface area contributed by atoms with Crippen molar-refractivity contribution in [3.63, 3.8) is 0 Å². The quantitative estimate of drug-likeness (QED) is 0.431. The summed E-state index contributed by atoms with van der Waals surface area (Å²) >= 11 is 0. The Morgan fingerprint density at radius 2 is 1.63 bits per heavy atom. The summed E-state index contributed by atoms with van der Waals surface area (Å²) in [4.78, 5) is 38.9. The van der Waals surface area contributed by atoms with Crippen molar-refractivity contribution in [2.75, 3.05) is 13.2 Å². The van der Waals surface area contributed by atoms with Gasteiger partial charge < -0.3 is 15.2 Å². The Bertz CT molecular complexity index is 884. The van der Waals surface area contributed by atoms with Gasteiger partial charge in [0.25, 0.3) is 0 Å². The normalized spacial score (nSPS) is 13.1. The van der Waals surface area contributed by atoms with Crippen LogP contribution < -0.4 is 10.8 Å². The largest absolute Gasteiger partial charge is 0.479 e. The van der Waals surface area contributed by atoms with Crippen molar-refractivity contribution in [3.05, 3.63) is 59.7 Å². The van der Waals surface area contributed by atoms with Crippen molar-refractivity contribution in [1.29, 1.82) is 0 Å². The van der Waals surface area contributed by atoms with Crippen LogP contribution in [0.1, 0.15) is 36.8 Å². The van der Waals surface area contributed by atoms with Gasteiger partial charge in [-0.3, -0.25) is 9.63 Å². The Labute approximate surface area is 174 Å². The summed E-state index contributed by atoms with van der Waals surface area (Å²) in [7, 11) is 0. The van der Waals surface area contributed by atoms with Crippen LogP contribution in [0.4, 0.5) is 4.79 Å². The zero-order valence-corrected chi connectivity index (χ0v) is 16.6. The van der Waals surface area contributed by atoms with E-state index >= 15 is 0 Å². The third kappa shape index (κ3) is 5.15. The lowest BCUT2D eigenvalue weighted by Crippen LogP contribution is -2.33. The third-order valence-corrected chi connectivity index (χ3v) is 4.89. The summed E-state index contributed by atoms with van der Waals surface area (Å²) < 4.78 is 5.41. The molecule has 0 saturated carbocycles. The monoisotopic (exact) mass is 412 g/mol. The summed E-state index contributed by atoms with van der Waals surface area (Å²) in [6.45, 7) is 1.78. The fourth-order valence-corrected chi connectivity index (χ4v) is 3.34. The molecule has 0 spiro atoms. The number of nitrogens with one attached hydrogen (secondary N) is 2. The molecule has 3 N–H and O–H groups in total. The van der Waals surface area contributed by atoms with Crippen molar-refractivity contribution in [2.24, 2.45) is 0 Å². The highest BCUT2D eigenvalue weighted by Gasteiger charge is 2.28. The van der Waals surface area contributed by atoms with Crippen molar-refractivity contribution in [2.45, 2.75) is 31.8 Å². The first-order chi connectivity index (χ1) is 14.5. The van der Waals surface area contributed by atoms with Crippen molar-refractivity contribution >= 4 is 18.0 Å². The van der Waals surface area contributed by atoms with E-state index in [1.165, 1.54) is 6.92 Å². The van der Waals surface area contributed by atoms with Crippen LogP contribution in [0.3, 0.4) is 0 Å². The average Bonchev–Trinajstić information content (AvgIpc) is 3.07. The number of carboxylic acid groups (broad SMARTS) is 1. The molecule has 2 aromatic carbocycles. The zero-order valence-electron chi connectivity index (χ0n) is 16.6. The standard InChI is InChI=1S/C22H24N2O6/c1-14(21(26)27)30-24-20(25)11-6-12-23-22(28)29-13-19-17-9-4-2-7-15(17)16-8-3-5-10-18(16)19/h2-5,7-10,14,19H,6,11-13H2,1H3,(H,23,28)(H,24,25)(H,26,27). The van der Waals surface area contributed by atoms with E-state index < -0.39 is 24.1 Å². The maximum atomic E-state index is 12.0. The maximum Gasteiger partial charge on any atom is 0.407 e. The number of hydroxylamine groups is 1. The number of fused-ring (bicyclic) bond motifs is 3. The molecule has 0 aromatic heterocycles. The van der Waals surface area contributed by atoms with E-state index in [4.69, 9.17) is 9.84 Å². The van der Waals surface area contributed by atoms with Crippen molar-refractivity contribution in [1.82, 2.24) is 10.8 Å². The fourth-order valence-electron chi connectivity index (χ4n) is 3.34. The van der Waals surface area contributed by atoms with Crippen LogP contribution in [0.25, 0.3) is 11.1 Å². The van der Waals surface area contributed by atoms with Gasteiger partial charge in [-0.15, -0.1) is 0 Å². The van der Waals surface area contributed by atoms with E-state index in [1.54, 1.807) is 0 Å². The Morgan fingerprint density at radius 1 is 1.03 bits per heavy atom. The molecular weight excluding hydrogens is 388 g/mol. The number of hydrogen-bond acceptors (Lipinski definition) is 5. The van der Waals surface area contributed by atoms with Crippen LogP contribution in [0.15, 0.2) is 48.5 Å². The van der Waals surface area contributed by atoms with E-state index in [2.05, 4.69) is 27.8 Å². The fraction of sp³-hybridized carbons (Fsp3) is 0.318. The highest BCUT2D eigenvalue weighted by molar-refractivity contribution is 5.79. The second-order valence-electron chi connectivity index (χ2n) is 6.98. The highest BCUT2D eigenvalue weighted by atomic mass is 16.7. The van der Waals surface area contributed by atoms with Gasteiger partial charge in [-0.05, 0) is 35.6 Å². The zero-order chi connectivity index (χ0) is 21.5. The van der Waals surface area contributed by atoms with Crippen LogP contribution in [-0.4, -0.2) is 42.3 Å². The molecule has 1 aliphatic rings. The molecule has 0 fully saturated rings. The molecule has 1 atom stereocenters. The van der Waals surface area contributed by atoms with Gasteiger partial charge in [0, 0.05) is 18.9 Å². The van der Waals surface area contributed by atoms with Gasteiger partial charge in [0.2, 0.25) is 5.91 Å². The number of hydrogen-bond donors (Lipinski definition) is 3. The van der Waals surface area contributed by atoms with Gasteiger partial charge in [-0.25, -0.2) is 15.1 Å². The van der Waals surface area contributed by atoms with Gasteiger partial charge in [0.1, 0.15) is 6.61 Å². The van der Waals surface area contributed by atoms with E-state index in [-0.39, 0.29) is 25.5 Å². The Kier molecular flexibility index (Phi) is 7.03. The van der Waals surface area contributed by atoms with Gasteiger partial charge >= 0.3 is 12.1 Å². The van der Waals surface area contributed by atoms with E-state index in [9.17, 15) is 14.4 Å². The summed E-state index contributed by atoms with van der Waals surface area (Å²) in [6, 6.07) is 16.2. The first kappa shape index (κ1) is 21.3. The topological polar surface area (TPSA) is 114 Å². The van der Waals surface area contributed by atoms with Crippen LogP contribution >= 0.6 is 0 Å². The first-order valence-electron chi connectivity index (χ1n) is 9.73. The van der Waals surface area contributed by atoms with Crippen molar-refractivity contribution in [3.8, 4) is 11.1 Å². The third-order valence-electron chi connectivity index (χ3n) is 4.89. The minimum atomic E-state index is -1.17. The van der Waals surface area contributed by atoms with E-state index in [0.29, 0.717) is 6.42 Å². The molecule has 0 heterocycles.